The third kappa shape index (κ3) is 5.61. The number of aryl methyl sites for hydroxylation is 1. The summed E-state index contributed by atoms with van der Waals surface area (Å²) in [5.41, 5.74) is 0. The maximum atomic E-state index is 4.81. The molecule has 1 aromatic rings. The van der Waals surface area contributed by atoms with E-state index in [-0.39, 0.29) is 0 Å². The number of rotatable bonds is 7. The van der Waals surface area contributed by atoms with Crippen molar-refractivity contribution in [1.82, 2.24) is 19.6 Å². The van der Waals surface area contributed by atoms with Crippen LogP contribution in [-0.4, -0.2) is 59.5 Å². The molecule has 1 aromatic heterocycles. The summed E-state index contributed by atoms with van der Waals surface area (Å²) < 4.78 is 4.40. The average molecular weight is 353 g/mol. The first-order valence-electron chi connectivity index (χ1n) is 9.24. The zero-order valence-corrected chi connectivity index (χ0v) is 16.4. The Kier molecular flexibility index (Phi) is 7.75. The topological polar surface area (TPSA) is 56.7 Å². The number of guanidine groups is 1. The van der Waals surface area contributed by atoms with Gasteiger partial charge in [0, 0.05) is 57.2 Å². The Balaban J connectivity index is 1.86. The van der Waals surface area contributed by atoms with Gasteiger partial charge in [-0.15, -0.1) is 0 Å². The first kappa shape index (κ1) is 19.0. The summed E-state index contributed by atoms with van der Waals surface area (Å²) in [6.45, 7) is 14.5. The summed E-state index contributed by atoms with van der Waals surface area (Å²) in [5, 5.41) is 4.50. The Hall–Kier alpha value is -1.37. The van der Waals surface area contributed by atoms with Crippen molar-refractivity contribution < 1.29 is 0 Å². The SMILES string of the molecule is CCNC(=NCCCC(C)C)N1CCN(c2nc(CC)ns2)CC1. The van der Waals surface area contributed by atoms with Crippen molar-refractivity contribution in [3.8, 4) is 0 Å². The van der Waals surface area contributed by atoms with E-state index in [0.717, 1.165) is 74.9 Å². The molecule has 0 bridgehead atoms. The molecule has 1 aliphatic rings. The van der Waals surface area contributed by atoms with E-state index in [1.807, 2.05) is 0 Å². The van der Waals surface area contributed by atoms with Crippen LogP contribution in [0.25, 0.3) is 0 Å². The summed E-state index contributed by atoms with van der Waals surface area (Å²) in [4.78, 5) is 14.1. The number of nitrogens with zero attached hydrogens (tertiary/aromatic N) is 5. The predicted molar refractivity (Wildman–Crippen MR) is 103 cm³/mol. The summed E-state index contributed by atoms with van der Waals surface area (Å²) in [6.07, 6.45) is 3.31. The molecule has 0 saturated carbocycles. The van der Waals surface area contributed by atoms with Gasteiger partial charge >= 0.3 is 0 Å². The van der Waals surface area contributed by atoms with Crippen LogP contribution in [0.5, 0.6) is 0 Å². The average Bonchev–Trinajstić information content (AvgIpc) is 3.07. The molecule has 1 N–H and O–H groups in total. The quantitative estimate of drug-likeness (QED) is 0.464. The molecule has 1 aliphatic heterocycles. The molecule has 0 aromatic carbocycles. The molecule has 1 saturated heterocycles. The largest absolute Gasteiger partial charge is 0.357 e. The monoisotopic (exact) mass is 352 g/mol. The van der Waals surface area contributed by atoms with Gasteiger partial charge in [-0.3, -0.25) is 4.99 Å². The third-order valence-corrected chi connectivity index (χ3v) is 4.97. The van der Waals surface area contributed by atoms with Gasteiger partial charge < -0.3 is 15.1 Å². The molecule has 2 rings (SSSR count). The van der Waals surface area contributed by atoms with E-state index in [4.69, 9.17) is 4.99 Å². The fourth-order valence-electron chi connectivity index (χ4n) is 2.74. The highest BCUT2D eigenvalue weighted by Crippen LogP contribution is 2.19. The van der Waals surface area contributed by atoms with Crippen LogP contribution >= 0.6 is 11.5 Å². The zero-order valence-electron chi connectivity index (χ0n) is 15.6. The number of anilines is 1. The van der Waals surface area contributed by atoms with E-state index >= 15 is 0 Å². The normalized spacial score (nSPS) is 16.1. The van der Waals surface area contributed by atoms with Gasteiger partial charge in [-0.2, -0.15) is 4.37 Å². The number of aromatic nitrogens is 2. The lowest BCUT2D eigenvalue weighted by molar-refractivity contribution is 0.372. The minimum absolute atomic E-state index is 0.756. The Morgan fingerprint density at radius 2 is 2.00 bits per heavy atom. The van der Waals surface area contributed by atoms with Gasteiger partial charge in [0.1, 0.15) is 5.82 Å². The van der Waals surface area contributed by atoms with Crippen molar-refractivity contribution in [2.45, 2.75) is 47.0 Å². The minimum Gasteiger partial charge on any atom is -0.357 e. The molecule has 0 spiro atoms. The first-order valence-corrected chi connectivity index (χ1v) is 10.0. The molecule has 0 atom stereocenters. The lowest BCUT2D eigenvalue weighted by Crippen LogP contribution is -2.52. The molecule has 7 heteroatoms. The van der Waals surface area contributed by atoms with Crippen molar-refractivity contribution in [3.05, 3.63) is 5.82 Å². The van der Waals surface area contributed by atoms with E-state index in [1.54, 1.807) is 0 Å². The van der Waals surface area contributed by atoms with Gasteiger partial charge in [0.2, 0.25) is 5.13 Å². The molecule has 24 heavy (non-hydrogen) atoms. The summed E-state index contributed by atoms with van der Waals surface area (Å²) >= 11 is 1.52. The Bertz CT molecular complexity index is 505. The summed E-state index contributed by atoms with van der Waals surface area (Å²) in [5.74, 6) is 2.77. The second-order valence-electron chi connectivity index (χ2n) is 6.59. The van der Waals surface area contributed by atoms with Crippen molar-refractivity contribution >= 4 is 22.6 Å². The molecule has 0 unspecified atom stereocenters. The number of piperazine rings is 1. The van der Waals surface area contributed by atoms with Crippen molar-refractivity contribution in [2.75, 3.05) is 44.2 Å². The minimum atomic E-state index is 0.756. The maximum absolute atomic E-state index is 4.81. The molecule has 0 amide bonds. The Labute approximate surface area is 150 Å². The number of nitrogens with one attached hydrogen (secondary N) is 1. The van der Waals surface area contributed by atoms with E-state index < -0.39 is 0 Å². The van der Waals surface area contributed by atoms with E-state index in [0.29, 0.717) is 0 Å². The molecule has 6 nitrogen and oxygen atoms in total. The van der Waals surface area contributed by atoms with Crippen LogP contribution in [0, 0.1) is 5.92 Å². The molecular formula is C17H32N6S. The van der Waals surface area contributed by atoms with Crippen LogP contribution < -0.4 is 10.2 Å². The van der Waals surface area contributed by atoms with Crippen LogP contribution in [0.15, 0.2) is 4.99 Å². The molecule has 136 valence electrons. The van der Waals surface area contributed by atoms with E-state index in [2.05, 4.69) is 52.2 Å². The van der Waals surface area contributed by atoms with Crippen LogP contribution in [0.3, 0.4) is 0 Å². The highest BCUT2D eigenvalue weighted by atomic mass is 32.1. The molecular weight excluding hydrogens is 320 g/mol. The van der Waals surface area contributed by atoms with Gasteiger partial charge in [0.15, 0.2) is 5.96 Å². The number of hydrogen-bond acceptors (Lipinski definition) is 5. The number of hydrogen-bond donors (Lipinski definition) is 1. The van der Waals surface area contributed by atoms with E-state index in [1.165, 1.54) is 18.0 Å². The van der Waals surface area contributed by atoms with E-state index in [9.17, 15) is 0 Å². The standard InChI is InChI=1S/C17H32N6S/c1-5-15-20-17(24-21-15)23-12-10-22(11-13-23)16(18-6-2)19-9-7-8-14(3)4/h14H,5-13H2,1-4H3,(H,18,19). The van der Waals surface area contributed by atoms with Gasteiger partial charge in [0.25, 0.3) is 0 Å². The highest BCUT2D eigenvalue weighted by Gasteiger charge is 2.21. The third-order valence-electron chi connectivity index (χ3n) is 4.16. The number of aliphatic imine (C=N–C) groups is 1. The molecule has 0 radical (unpaired) electrons. The fraction of sp³-hybridized carbons (Fsp3) is 0.824. The van der Waals surface area contributed by atoms with Crippen molar-refractivity contribution in [2.24, 2.45) is 10.9 Å². The maximum Gasteiger partial charge on any atom is 0.205 e. The van der Waals surface area contributed by atoms with Gasteiger partial charge in [-0.05, 0) is 25.7 Å². The van der Waals surface area contributed by atoms with Crippen molar-refractivity contribution in [1.29, 1.82) is 0 Å². The zero-order chi connectivity index (χ0) is 17.4. The second-order valence-corrected chi connectivity index (χ2v) is 7.32. The summed E-state index contributed by atoms with van der Waals surface area (Å²) in [7, 11) is 0. The lowest BCUT2D eigenvalue weighted by atomic mass is 10.1. The lowest BCUT2D eigenvalue weighted by Gasteiger charge is -2.36. The predicted octanol–water partition coefficient (Wildman–Crippen LogP) is 2.62. The second kappa shape index (κ2) is 9.81. The van der Waals surface area contributed by atoms with Crippen LogP contribution in [0.4, 0.5) is 5.13 Å². The first-order chi connectivity index (χ1) is 11.6. The highest BCUT2D eigenvalue weighted by molar-refractivity contribution is 7.09. The van der Waals surface area contributed by atoms with Crippen molar-refractivity contribution in [3.63, 3.8) is 0 Å². The van der Waals surface area contributed by atoms with Crippen LogP contribution in [-0.2, 0) is 6.42 Å². The molecule has 0 aliphatic carbocycles. The summed E-state index contributed by atoms with van der Waals surface area (Å²) in [6, 6.07) is 0. The van der Waals surface area contributed by atoms with Gasteiger partial charge in [-0.1, -0.05) is 20.8 Å². The smallest absolute Gasteiger partial charge is 0.205 e. The van der Waals surface area contributed by atoms with Gasteiger partial charge in [-0.25, -0.2) is 4.98 Å². The van der Waals surface area contributed by atoms with Crippen LogP contribution in [0.1, 0.15) is 46.4 Å². The fourth-order valence-corrected chi connectivity index (χ4v) is 3.54. The Morgan fingerprint density at radius 1 is 1.25 bits per heavy atom. The molecule has 1 fully saturated rings. The Morgan fingerprint density at radius 3 is 2.58 bits per heavy atom. The van der Waals surface area contributed by atoms with Crippen LogP contribution in [0.2, 0.25) is 0 Å². The van der Waals surface area contributed by atoms with Gasteiger partial charge in [0.05, 0.1) is 0 Å². The molecule has 2 heterocycles.